The Morgan fingerprint density at radius 2 is 1.97 bits per heavy atom. The van der Waals surface area contributed by atoms with Gasteiger partial charge < -0.3 is 19.5 Å². The van der Waals surface area contributed by atoms with Gasteiger partial charge in [0.25, 0.3) is 0 Å². The fourth-order valence-corrected chi connectivity index (χ4v) is 3.65. The first-order valence-electron chi connectivity index (χ1n) is 10.2. The third kappa shape index (κ3) is 4.10. The van der Waals surface area contributed by atoms with Crippen LogP contribution in [-0.4, -0.2) is 52.8 Å². The lowest BCUT2D eigenvalue weighted by Gasteiger charge is -2.28. The number of rotatable bonds is 6. The van der Waals surface area contributed by atoms with Crippen LogP contribution < -0.4 is 10.2 Å². The number of carbonyl (C=O) groups is 1. The Morgan fingerprint density at radius 1 is 1.21 bits per heavy atom. The van der Waals surface area contributed by atoms with E-state index in [0.29, 0.717) is 13.2 Å². The molecule has 1 amide bonds. The van der Waals surface area contributed by atoms with E-state index in [9.17, 15) is 4.79 Å². The van der Waals surface area contributed by atoms with Crippen LogP contribution in [0.25, 0.3) is 22.2 Å². The van der Waals surface area contributed by atoms with Crippen molar-refractivity contribution in [1.29, 1.82) is 0 Å². The van der Waals surface area contributed by atoms with E-state index < -0.39 is 0 Å². The molecule has 2 aromatic heterocycles. The number of benzene rings is 1. The lowest BCUT2D eigenvalue weighted by Crippen LogP contribution is -2.37. The van der Waals surface area contributed by atoms with E-state index in [2.05, 4.69) is 39.2 Å². The molecule has 3 heterocycles. The average Bonchev–Trinajstić information content (AvgIpc) is 3.13. The summed E-state index contributed by atoms with van der Waals surface area (Å²) in [6, 6.07) is 10.3. The van der Waals surface area contributed by atoms with E-state index in [1.807, 2.05) is 35.9 Å². The third-order valence-corrected chi connectivity index (χ3v) is 5.36. The first kappa shape index (κ1) is 19.4. The minimum Gasteiger partial charge on any atom is -0.378 e. The molecule has 1 aromatic carbocycles. The van der Waals surface area contributed by atoms with Crippen LogP contribution in [-0.2, 0) is 16.1 Å². The molecule has 0 saturated carbocycles. The van der Waals surface area contributed by atoms with Gasteiger partial charge in [-0.1, -0.05) is 37.3 Å². The Hall–Kier alpha value is -2.93. The van der Waals surface area contributed by atoms with Gasteiger partial charge in [0.05, 0.1) is 13.2 Å². The topological polar surface area (TPSA) is 72.3 Å². The van der Waals surface area contributed by atoms with E-state index in [1.165, 1.54) is 0 Å². The number of hydrogen-bond donors (Lipinski definition) is 1. The van der Waals surface area contributed by atoms with Crippen molar-refractivity contribution in [2.75, 3.05) is 31.2 Å². The zero-order chi connectivity index (χ0) is 20.2. The number of ether oxygens (including phenoxy) is 1. The van der Waals surface area contributed by atoms with Crippen LogP contribution in [0.15, 0.2) is 42.9 Å². The molecule has 1 N–H and O–H groups in total. The molecular weight excluding hydrogens is 366 g/mol. The zero-order valence-corrected chi connectivity index (χ0v) is 17.0. The Labute approximate surface area is 170 Å². The minimum absolute atomic E-state index is 0.00681. The maximum absolute atomic E-state index is 12.7. The highest BCUT2D eigenvalue weighted by Crippen LogP contribution is 2.33. The first-order chi connectivity index (χ1) is 14.2. The number of carbonyl (C=O) groups excluding carboxylic acids is 1. The first-order valence-corrected chi connectivity index (χ1v) is 10.2. The van der Waals surface area contributed by atoms with E-state index in [4.69, 9.17) is 4.74 Å². The fraction of sp³-hybridized carbons (Fsp3) is 0.409. The molecule has 7 nitrogen and oxygen atoms in total. The van der Waals surface area contributed by atoms with Gasteiger partial charge >= 0.3 is 0 Å². The lowest BCUT2D eigenvalue weighted by atomic mass is 10.1. The molecule has 1 aliphatic rings. The van der Waals surface area contributed by atoms with Gasteiger partial charge in [0.15, 0.2) is 5.82 Å². The van der Waals surface area contributed by atoms with E-state index in [-0.39, 0.29) is 18.5 Å². The minimum atomic E-state index is -0.00681. The Kier molecular flexibility index (Phi) is 5.76. The third-order valence-electron chi connectivity index (χ3n) is 5.36. The standard InChI is InChI=1S/C22H27N5O2/c1-3-16(2)25-19(28)14-27-13-18(17-7-5-4-6-8-17)20-21(27)22(24-15-23-20)26-9-11-29-12-10-26/h4-8,13,15-16H,3,9-12,14H2,1-2H3,(H,25,28). The molecule has 7 heteroatoms. The molecule has 0 aliphatic carbocycles. The van der Waals surface area contributed by atoms with Crippen LogP contribution in [0.4, 0.5) is 5.82 Å². The molecule has 1 fully saturated rings. The predicted molar refractivity (Wildman–Crippen MR) is 114 cm³/mol. The van der Waals surface area contributed by atoms with Gasteiger partial charge in [-0.05, 0) is 18.9 Å². The van der Waals surface area contributed by atoms with Crippen molar-refractivity contribution in [1.82, 2.24) is 19.9 Å². The smallest absolute Gasteiger partial charge is 0.240 e. The van der Waals surface area contributed by atoms with E-state index in [1.54, 1.807) is 6.33 Å². The lowest BCUT2D eigenvalue weighted by molar-refractivity contribution is -0.122. The zero-order valence-electron chi connectivity index (χ0n) is 17.0. The van der Waals surface area contributed by atoms with Gasteiger partial charge in [-0.15, -0.1) is 0 Å². The normalized spacial score (nSPS) is 15.4. The molecule has 29 heavy (non-hydrogen) atoms. The Morgan fingerprint density at radius 3 is 2.69 bits per heavy atom. The van der Waals surface area contributed by atoms with Crippen LogP contribution in [0.1, 0.15) is 20.3 Å². The molecule has 4 rings (SSSR count). The van der Waals surface area contributed by atoms with Crippen molar-refractivity contribution in [3.63, 3.8) is 0 Å². The number of anilines is 1. The molecule has 1 aliphatic heterocycles. The second-order valence-electron chi connectivity index (χ2n) is 7.41. The van der Waals surface area contributed by atoms with E-state index >= 15 is 0 Å². The molecule has 3 aromatic rings. The fourth-order valence-electron chi connectivity index (χ4n) is 3.65. The average molecular weight is 393 g/mol. The maximum Gasteiger partial charge on any atom is 0.240 e. The number of nitrogens with one attached hydrogen (secondary N) is 1. The SMILES string of the molecule is CCC(C)NC(=O)Cn1cc(-c2ccccc2)c2ncnc(N3CCOCC3)c21. The molecule has 1 atom stereocenters. The van der Waals surface area contributed by atoms with Gasteiger partial charge in [0.2, 0.25) is 5.91 Å². The van der Waals surface area contributed by atoms with Crippen molar-refractivity contribution >= 4 is 22.8 Å². The summed E-state index contributed by atoms with van der Waals surface area (Å²) < 4.78 is 7.49. The molecule has 1 saturated heterocycles. The van der Waals surface area contributed by atoms with Gasteiger partial charge in [-0.25, -0.2) is 9.97 Å². The second-order valence-corrected chi connectivity index (χ2v) is 7.41. The van der Waals surface area contributed by atoms with Crippen molar-refractivity contribution in [3.05, 3.63) is 42.9 Å². The maximum atomic E-state index is 12.7. The summed E-state index contributed by atoms with van der Waals surface area (Å²) in [6.07, 6.45) is 4.54. The van der Waals surface area contributed by atoms with Crippen molar-refractivity contribution in [2.45, 2.75) is 32.9 Å². The van der Waals surface area contributed by atoms with Gasteiger partial charge in [0.1, 0.15) is 23.9 Å². The Bertz CT molecular complexity index is 980. The number of aromatic nitrogens is 3. The summed E-state index contributed by atoms with van der Waals surface area (Å²) in [5.74, 6) is 0.851. The monoisotopic (exact) mass is 393 g/mol. The van der Waals surface area contributed by atoms with Gasteiger partial charge in [-0.3, -0.25) is 4.79 Å². The van der Waals surface area contributed by atoms with Crippen LogP contribution >= 0.6 is 0 Å². The van der Waals surface area contributed by atoms with Crippen molar-refractivity contribution in [2.24, 2.45) is 0 Å². The van der Waals surface area contributed by atoms with Crippen LogP contribution in [0.2, 0.25) is 0 Å². The number of hydrogen-bond acceptors (Lipinski definition) is 5. The number of amides is 1. The highest BCUT2D eigenvalue weighted by molar-refractivity contribution is 5.99. The highest BCUT2D eigenvalue weighted by Gasteiger charge is 2.22. The molecular formula is C22H27N5O2. The summed E-state index contributed by atoms with van der Waals surface area (Å²) in [5, 5.41) is 3.06. The van der Waals surface area contributed by atoms with Gasteiger partial charge in [-0.2, -0.15) is 0 Å². The summed E-state index contributed by atoms with van der Waals surface area (Å²) in [7, 11) is 0. The van der Waals surface area contributed by atoms with Crippen molar-refractivity contribution < 1.29 is 9.53 Å². The summed E-state index contributed by atoms with van der Waals surface area (Å²) in [6.45, 7) is 7.21. The van der Waals surface area contributed by atoms with Gasteiger partial charge in [0, 0.05) is 30.9 Å². The molecule has 0 bridgehead atoms. The summed E-state index contributed by atoms with van der Waals surface area (Å²) in [4.78, 5) is 24.1. The molecule has 0 spiro atoms. The second kappa shape index (κ2) is 8.61. The number of nitrogens with zero attached hydrogens (tertiary/aromatic N) is 4. The quantitative estimate of drug-likeness (QED) is 0.697. The van der Waals surface area contributed by atoms with Crippen LogP contribution in [0, 0.1) is 0 Å². The Balaban J connectivity index is 1.80. The summed E-state index contributed by atoms with van der Waals surface area (Å²) in [5.41, 5.74) is 3.84. The molecule has 0 radical (unpaired) electrons. The van der Waals surface area contributed by atoms with E-state index in [0.717, 1.165) is 47.5 Å². The largest absolute Gasteiger partial charge is 0.378 e. The summed E-state index contributed by atoms with van der Waals surface area (Å²) >= 11 is 0. The number of morpholine rings is 1. The van der Waals surface area contributed by atoms with Crippen molar-refractivity contribution in [3.8, 4) is 11.1 Å². The predicted octanol–water partition coefficient (Wildman–Crippen LogP) is 2.85. The number of fused-ring (bicyclic) bond motifs is 1. The molecule has 1 unspecified atom stereocenters. The van der Waals surface area contributed by atoms with Crippen LogP contribution in [0.5, 0.6) is 0 Å². The highest BCUT2D eigenvalue weighted by atomic mass is 16.5. The van der Waals surface area contributed by atoms with Crippen LogP contribution in [0.3, 0.4) is 0 Å². The molecule has 152 valence electrons.